The lowest BCUT2D eigenvalue weighted by Crippen LogP contribution is -2.45. The number of aromatic nitrogens is 2. The molecule has 6 heteroatoms. The molecule has 0 saturated carbocycles. The Hall–Kier alpha value is -2.21. The second-order valence-electron chi connectivity index (χ2n) is 4.52. The van der Waals surface area contributed by atoms with Gasteiger partial charge in [0.1, 0.15) is 11.9 Å². The van der Waals surface area contributed by atoms with Gasteiger partial charge in [-0.2, -0.15) is 0 Å². The molecule has 3 N–H and O–H groups in total. The van der Waals surface area contributed by atoms with Gasteiger partial charge in [-0.05, 0) is 17.7 Å². The molecule has 0 aliphatic carbocycles. The molecule has 19 heavy (non-hydrogen) atoms. The van der Waals surface area contributed by atoms with Gasteiger partial charge in [-0.15, -0.1) is 0 Å². The van der Waals surface area contributed by atoms with Crippen LogP contribution in [-0.4, -0.2) is 27.1 Å². The number of carbonyl (C=O) groups is 1. The van der Waals surface area contributed by atoms with Crippen molar-refractivity contribution in [1.82, 2.24) is 15.3 Å². The molecule has 3 rings (SSSR count). The highest BCUT2D eigenvalue weighted by molar-refractivity contribution is 5.74. The maximum atomic E-state index is 13.3. The van der Waals surface area contributed by atoms with E-state index in [0.29, 0.717) is 12.0 Å². The summed E-state index contributed by atoms with van der Waals surface area (Å²) >= 11 is 0. The molecule has 0 saturated heterocycles. The van der Waals surface area contributed by atoms with Gasteiger partial charge in [-0.3, -0.25) is 10.1 Å². The van der Waals surface area contributed by atoms with E-state index in [4.69, 9.17) is 5.11 Å². The highest BCUT2D eigenvalue weighted by Crippen LogP contribution is 2.28. The first-order valence-electron chi connectivity index (χ1n) is 5.91. The Bertz CT molecular complexity index is 626. The SMILES string of the molecule is O=C(O)[C@H]1Cc2[nH]cnc2[C@@H](c2cccc(F)c2)N1. The number of H-pyrrole nitrogens is 1. The number of aliphatic carboxylic acids is 1. The molecule has 1 aromatic carbocycles. The zero-order chi connectivity index (χ0) is 13.4. The third-order valence-electron chi connectivity index (χ3n) is 3.28. The highest BCUT2D eigenvalue weighted by atomic mass is 19.1. The molecule has 0 fully saturated rings. The molecule has 1 aliphatic rings. The molecule has 1 aromatic heterocycles. The van der Waals surface area contributed by atoms with Crippen LogP contribution < -0.4 is 5.32 Å². The molecule has 0 unspecified atom stereocenters. The fraction of sp³-hybridized carbons (Fsp3) is 0.231. The number of halogens is 1. The van der Waals surface area contributed by atoms with Crippen LogP contribution >= 0.6 is 0 Å². The van der Waals surface area contributed by atoms with Crippen molar-refractivity contribution in [3.05, 3.63) is 53.4 Å². The van der Waals surface area contributed by atoms with E-state index in [-0.39, 0.29) is 5.82 Å². The summed E-state index contributed by atoms with van der Waals surface area (Å²) in [4.78, 5) is 18.3. The second-order valence-corrected chi connectivity index (χ2v) is 4.52. The number of nitrogens with one attached hydrogen (secondary N) is 2. The molecule has 2 aromatic rings. The van der Waals surface area contributed by atoms with Crippen molar-refractivity contribution in [3.63, 3.8) is 0 Å². The normalized spacial score (nSPS) is 21.9. The third kappa shape index (κ3) is 2.10. The first-order valence-corrected chi connectivity index (χ1v) is 5.91. The molecular weight excluding hydrogens is 249 g/mol. The lowest BCUT2D eigenvalue weighted by atomic mass is 9.94. The van der Waals surface area contributed by atoms with Gasteiger partial charge in [0.2, 0.25) is 0 Å². The van der Waals surface area contributed by atoms with Crippen LogP contribution in [0.25, 0.3) is 0 Å². The van der Waals surface area contributed by atoms with Crippen molar-refractivity contribution >= 4 is 5.97 Å². The van der Waals surface area contributed by atoms with Gasteiger partial charge in [0.15, 0.2) is 0 Å². The van der Waals surface area contributed by atoms with Gasteiger partial charge >= 0.3 is 5.97 Å². The Morgan fingerprint density at radius 2 is 2.32 bits per heavy atom. The van der Waals surface area contributed by atoms with Crippen molar-refractivity contribution in [1.29, 1.82) is 0 Å². The molecule has 5 nitrogen and oxygen atoms in total. The summed E-state index contributed by atoms with van der Waals surface area (Å²) in [6.07, 6.45) is 1.87. The summed E-state index contributed by atoms with van der Waals surface area (Å²) < 4.78 is 13.3. The van der Waals surface area contributed by atoms with E-state index in [9.17, 15) is 9.18 Å². The van der Waals surface area contributed by atoms with Crippen LogP contribution in [0.3, 0.4) is 0 Å². The fourth-order valence-corrected chi connectivity index (χ4v) is 2.39. The summed E-state index contributed by atoms with van der Waals surface area (Å²) in [7, 11) is 0. The quantitative estimate of drug-likeness (QED) is 0.760. The Morgan fingerprint density at radius 1 is 1.47 bits per heavy atom. The van der Waals surface area contributed by atoms with Crippen LogP contribution in [0.2, 0.25) is 0 Å². The van der Waals surface area contributed by atoms with Gasteiger partial charge in [-0.1, -0.05) is 12.1 Å². The average molecular weight is 261 g/mol. The first kappa shape index (κ1) is 11.9. The van der Waals surface area contributed by atoms with Crippen LogP contribution in [0.4, 0.5) is 4.39 Å². The van der Waals surface area contributed by atoms with Crippen molar-refractivity contribution in [2.24, 2.45) is 0 Å². The fourth-order valence-electron chi connectivity index (χ4n) is 2.39. The average Bonchev–Trinajstić information content (AvgIpc) is 2.85. The van der Waals surface area contributed by atoms with Crippen LogP contribution in [0.15, 0.2) is 30.6 Å². The van der Waals surface area contributed by atoms with E-state index in [1.165, 1.54) is 18.5 Å². The molecule has 0 bridgehead atoms. The van der Waals surface area contributed by atoms with Crippen LogP contribution in [0.5, 0.6) is 0 Å². The number of aromatic amines is 1. The first-order chi connectivity index (χ1) is 9.15. The predicted molar refractivity (Wildman–Crippen MR) is 65.1 cm³/mol. The topological polar surface area (TPSA) is 78.0 Å². The minimum Gasteiger partial charge on any atom is -0.480 e. The van der Waals surface area contributed by atoms with Crippen LogP contribution in [0, 0.1) is 5.82 Å². The van der Waals surface area contributed by atoms with E-state index in [1.807, 2.05) is 0 Å². The number of carboxylic acids is 1. The predicted octanol–water partition coefficient (Wildman–Crippen LogP) is 1.24. The second kappa shape index (κ2) is 4.47. The van der Waals surface area contributed by atoms with E-state index in [0.717, 1.165) is 11.4 Å². The summed E-state index contributed by atoms with van der Waals surface area (Å²) in [5, 5.41) is 12.1. The molecule has 98 valence electrons. The summed E-state index contributed by atoms with van der Waals surface area (Å²) in [6.45, 7) is 0. The summed E-state index contributed by atoms with van der Waals surface area (Å²) in [6, 6.07) is 4.98. The molecule has 2 heterocycles. The van der Waals surface area contributed by atoms with Gasteiger partial charge in [0.05, 0.1) is 18.1 Å². The molecule has 1 aliphatic heterocycles. The Balaban J connectivity index is 2.03. The van der Waals surface area contributed by atoms with E-state index < -0.39 is 18.1 Å². The number of benzene rings is 1. The largest absolute Gasteiger partial charge is 0.480 e. The van der Waals surface area contributed by atoms with Gasteiger partial charge < -0.3 is 10.1 Å². The highest BCUT2D eigenvalue weighted by Gasteiger charge is 2.33. The minimum absolute atomic E-state index is 0.344. The zero-order valence-electron chi connectivity index (χ0n) is 9.93. The number of imidazole rings is 1. The number of rotatable bonds is 2. The Labute approximate surface area is 108 Å². The molecule has 0 spiro atoms. The monoisotopic (exact) mass is 261 g/mol. The number of hydrogen-bond donors (Lipinski definition) is 3. The number of nitrogens with zero attached hydrogens (tertiary/aromatic N) is 1. The maximum Gasteiger partial charge on any atom is 0.321 e. The van der Waals surface area contributed by atoms with Gasteiger partial charge in [-0.25, -0.2) is 9.37 Å². The van der Waals surface area contributed by atoms with Crippen molar-refractivity contribution < 1.29 is 14.3 Å². The Kier molecular flexibility index (Phi) is 2.79. The summed E-state index contributed by atoms with van der Waals surface area (Å²) in [5.74, 6) is -1.28. The maximum absolute atomic E-state index is 13.3. The third-order valence-corrected chi connectivity index (χ3v) is 3.28. The molecule has 0 radical (unpaired) electrons. The van der Waals surface area contributed by atoms with E-state index >= 15 is 0 Å². The molecule has 2 atom stereocenters. The Morgan fingerprint density at radius 3 is 3.05 bits per heavy atom. The van der Waals surface area contributed by atoms with E-state index in [2.05, 4.69) is 15.3 Å². The smallest absolute Gasteiger partial charge is 0.321 e. The summed E-state index contributed by atoms with van der Waals surface area (Å²) in [5.41, 5.74) is 2.17. The number of carboxylic acid groups (broad SMARTS) is 1. The zero-order valence-corrected chi connectivity index (χ0v) is 9.93. The van der Waals surface area contributed by atoms with Gasteiger partial charge in [0.25, 0.3) is 0 Å². The van der Waals surface area contributed by atoms with Crippen LogP contribution in [-0.2, 0) is 11.2 Å². The van der Waals surface area contributed by atoms with Gasteiger partial charge in [0, 0.05) is 12.1 Å². The standard InChI is InChI=1S/C13H12FN3O2/c14-8-3-1-2-7(4-8)11-12-9(15-6-16-12)5-10(17-11)13(18)19/h1-4,6,10-11,17H,5H2,(H,15,16)(H,18,19)/t10-,11-/m1/s1. The van der Waals surface area contributed by atoms with E-state index in [1.54, 1.807) is 12.1 Å². The lowest BCUT2D eigenvalue weighted by molar-refractivity contribution is -0.139. The van der Waals surface area contributed by atoms with Crippen molar-refractivity contribution in [3.8, 4) is 0 Å². The minimum atomic E-state index is -0.929. The molecular formula is C13H12FN3O2. The molecule has 0 amide bonds. The van der Waals surface area contributed by atoms with Crippen molar-refractivity contribution in [2.75, 3.05) is 0 Å². The number of hydrogen-bond acceptors (Lipinski definition) is 3. The lowest BCUT2D eigenvalue weighted by Gasteiger charge is -2.28. The van der Waals surface area contributed by atoms with Crippen molar-refractivity contribution in [2.45, 2.75) is 18.5 Å². The number of fused-ring (bicyclic) bond motifs is 1. The van der Waals surface area contributed by atoms with Crippen LogP contribution in [0.1, 0.15) is 23.0 Å².